The summed E-state index contributed by atoms with van der Waals surface area (Å²) in [7, 11) is 1.65. The van der Waals surface area contributed by atoms with E-state index in [0.29, 0.717) is 17.9 Å². The van der Waals surface area contributed by atoms with Gasteiger partial charge in [-0.1, -0.05) is 50.2 Å². The number of anilines is 1. The highest BCUT2D eigenvalue weighted by atomic mass is 35.5. The van der Waals surface area contributed by atoms with Crippen LogP contribution in [0.1, 0.15) is 31.0 Å². The molecule has 0 aliphatic rings. The summed E-state index contributed by atoms with van der Waals surface area (Å²) in [5.74, 6) is 1.38. The number of nitrogens with zero attached hydrogens (tertiary/aromatic N) is 2. The van der Waals surface area contributed by atoms with Crippen molar-refractivity contribution in [1.29, 1.82) is 0 Å². The average Bonchev–Trinajstić information content (AvgIpc) is 2.78. The minimum atomic E-state index is -0.231. The molecule has 0 saturated carbocycles. The molecule has 0 amide bonds. The van der Waals surface area contributed by atoms with Gasteiger partial charge in [0, 0.05) is 23.2 Å². The number of nitrogens with one attached hydrogen (secondary N) is 1. The van der Waals surface area contributed by atoms with Crippen molar-refractivity contribution in [3.63, 3.8) is 0 Å². The molecular formula is C25H25ClFN3O. The second-order valence-corrected chi connectivity index (χ2v) is 7.50. The van der Waals surface area contributed by atoms with Crippen LogP contribution in [0.4, 0.5) is 10.3 Å². The Hall–Kier alpha value is -3.18. The van der Waals surface area contributed by atoms with Crippen molar-refractivity contribution in [3.05, 3.63) is 83.8 Å². The van der Waals surface area contributed by atoms with Crippen LogP contribution < -0.4 is 10.1 Å². The van der Waals surface area contributed by atoms with Crippen LogP contribution >= 0.6 is 12.4 Å². The molecule has 0 bridgehead atoms. The van der Waals surface area contributed by atoms with Gasteiger partial charge in [0.15, 0.2) is 0 Å². The predicted molar refractivity (Wildman–Crippen MR) is 127 cm³/mol. The third-order valence-electron chi connectivity index (χ3n) is 5.09. The first-order valence-corrected chi connectivity index (χ1v) is 9.98. The molecule has 0 unspecified atom stereocenters. The van der Waals surface area contributed by atoms with Crippen LogP contribution in [0, 0.1) is 5.82 Å². The molecule has 0 aliphatic heterocycles. The molecule has 3 aromatic carbocycles. The Morgan fingerprint density at radius 2 is 1.65 bits per heavy atom. The van der Waals surface area contributed by atoms with Crippen molar-refractivity contribution in [3.8, 4) is 17.0 Å². The zero-order valence-electron chi connectivity index (χ0n) is 17.7. The lowest BCUT2D eigenvalue weighted by Crippen LogP contribution is -2.07. The van der Waals surface area contributed by atoms with Gasteiger partial charge in [-0.15, -0.1) is 12.4 Å². The highest BCUT2D eigenvalue weighted by Crippen LogP contribution is 2.31. The predicted octanol–water partition coefficient (Wildman–Crippen LogP) is 6.60. The number of benzene rings is 3. The molecule has 0 aliphatic carbocycles. The zero-order valence-corrected chi connectivity index (χ0v) is 18.5. The molecule has 0 fully saturated rings. The van der Waals surface area contributed by atoms with E-state index in [9.17, 15) is 4.39 Å². The van der Waals surface area contributed by atoms with E-state index in [4.69, 9.17) is 9.72 Å². The summed E-state index contributed by atoms with van der Waals surface area (Å²) in [6.07, 6.45) is 0. The number of aromatic nitrogens is 2. The fraction of sp³-hybridized carbons (Fsp3) is 0.200. The molecule has 6 heteroatoms. The molecule has 4 rings (SSSR count). The normalized spacial score (nSPS) is 10.7. The summed E-state index contributed by atoms with van der Waals surface area (Å²) >= 11 is 0. The quantitative estimate of drug-likeness (QED) is 0.369. The topological polar surface area (TPSA) is 47.0 Å². The van der Waals surface area contributed by atoms with Crippen LogP contribution in [0.3, 0.4) is 0 Å². The third kappa shape index (κ3) is 4.94. The lowest BCUT2D eigenvalue weighted by molar-refractivity contribution is 0.414. The van der Waals surface area contributed by atoms with Crippen molar-refractivity contribution < 1.29 is 9.13 Å². The summed E-state index contributed by atoms with van der Waals surface area (Å²) in [6.45, 7) is 4.79. The van der Waals surface area contributed by atoms with Crippen molar-refractivity contribution >= 4 is 29.1 Å². The fourth-order valence-electron chi connectivity index (χ4n) is 3.39. The molecule has 4 aromatic rings. The van der Waals surface area contributed by atoms with E-state index in [1.807, 2.05) is 48.5 Å². The maximum atomic E-state index is 14.3. The standard InChI is InChI=1S/C25H24FN3O.ClH/c1-16(2)23-14-24(21-12-13-22(26)20-7-5-4-6-19(20)21)29-25(28-23)27-15-17-8-10-18(30-3)11-9-17;/h4-14,16H,15H2,1-3H3,(H,27,28,29);1H. The van der Waals surface area contributed by atoms with Gasteiger partial charge in [-0.2, -0.15) is 0 Å². The van der Waals surface area contributed by atoms with E-state index in [1.54, 1.807) is 19.2 Å². The van der Waals surface area contributed by atoms with Crippen molar-refractivity contribution in [1.82, 2.24) is 9.97 Å². The Morgan fingerprint density at radius 3 is 2.32 bits per heavy atom. The van der Waals surface area contributed by atoms with Gasteiger partial charge in [0.05, 0.1) is 12.8 Å². The van der Waals surface area contributed by atoms with Crippen LogP contribution in [0.5, 0.6) is 5.75 Å². The van der Waals surface area contributed by atoms with E-state index in [2.05, 4.69) is 24.1 Å². The van der Waals surface area contributed by atoms with Crippen LogP contribution in [-0.4, -0.2) is 17.1 Å². The molecule has 1 N–H and O–H groups in total. The van der Waals surface area contributed by atoms with Gasteiger partial charge < -0.3 is 10.1 Å². The Labute approximate surface area is 187 Å². The smallest absolute Gasteiger partial charge is 0.223 e. The molecule has 0 radical (unpaired) electrons. The van der Waals surface area contributed by atoms with Crippen LogP contribution in [0.15, 0.2) is 66.7 Å². The largest absolute Gasteiger partial charge is 0.497 e. The van der Waals surface area contributed by atoms with Gasteiger partial charge in [0.1, 0.15) is 11.6 Å². The van der Waals surface area contributed by atoms with Crippen molar-refractivity contribution in [2.45, 2.75) is 26.3 Å². The third-order valence-corrected chi connectivity index (χ3v) is 5.09. The van der Waals surface area contributed by atoms with E-state index >= 15 is 0 Å². The fourth-order valence-corrected chi connectivity index (χ4v) is 3.39. The number of halogens is 2. The van der Waals surface area contributed by atoms with E-state index in [0.717, 1.165) is 33.7 Å². The first-order valence-electron chi connectivity index (χ1n) is 9.98. The minimum Gasteiger partial charge on any atom is -0.497 e. The lowest BCUT2D eigenvalue weighted by Gasteiger charge is -2.13. The maximum Gasteiger partial charge on any atom is 0.223 e. The second-order valence-electron chi connectivity index (χ2n) is 7.50. The van der Waals surface area contributed by atoms with Gasteiger partial charge >= 0.3 is 0 Å². The molecule has 0 spiro atoms. The number of hydrogen-bond acceptors (Lipinski definition) is 4. The first kappa shape index (κ1) is 22.5. The monoisotopic (exact) mass is 437 g/mol. The highest BCUT2D eigenvalue weighted by Gasteiger charge is 2.13. The molecule has 4 nitrogen and oxygen atoms in total. The van der Waals surface area contributed by atoms with Crippen LogP contribution in [0.25, 0.3) is 22.0 Å². The number of methoxy groups -OCH3 is 1. The minimum absolute atomic E-state index is 0. The summed E-state index contributed by atoms with van der Waals surface area (Å²) in [5, 5.41) is 4.76. The second kappa shape index (κ2) is 9.75. The maximum absolute atomic E-state index is 14.3. The molecule has 31 heavy (non-hydrogen) atoms. The Balaban J connectivity index is 0.00000272. The number of rotatable bonds is 6. The van der Waals surface area contributed by atoms with Gasteiger partial charge in [-0.05, 0) is 47.2 Å². The van der Waals surface area contributed by atoms with E-state index in [-0.39, 0.29) is 24.1 Å². The zero-order chi connectivity index (χ0) is 21.1. The summed E-state index contributed by atoms with van der Waals surface area (Å²) in [5.41, 5.74) is 3.71. The average molecular weight is 438 g/mol. The van der Waals surface area contributed by atoms with Gasteiger partial charge in [0.2, 0.25) is 5.95 Å². The highest BCUT2D eigenvalue weighted by molar-refractivity contribution is 5.96. The molecule has 1 heterocycles. The summed E-state index contributed by atoms with van der Waals surface area (Å²) in [6, 6.07) is 20.6. The first-order chi connectivity index (χ1) is 14.5. The number of ether oxygens (including phenoxy) is 1. The summed E-state index contributed by atoms with van der Waals surface area (Å²) in [4.78, 5) is 9.43. The number of fused-ring (bicyclic) bond motifs is 1. The molecule has 160 valence electrons. The van der Waals surface area contributed by atoms with Crippen LogP contribution in [0.2, 0.25) is 0 Å². The van der Waals surface area contributed by atoms with Gasteiger partial charge in [-0.25, -0.2) is 14.4 Å². The molecular weight excluding hydrogens is 413 g/mol. The molecule has 1 aromatic heterocycles. The Morgan fingerprint density at radius 1 is 0.935 bits per heavy atom. The van der Waals surface area contributed by atoms with Gasteiger partial charge in [-0.3, -0.25) is 0 Å². The Kier molecular flexibility index (Phi) is 7.08. The summed E-state index contributed by atoms with van der Waals surface area (Å²) < 4.78 is 19.5. The number of hydrogen-bond donors (Lipinski definition) is 1. The van der Waals surface area contributed by atoms with Crippen molar-refractivity contribution in [2.24, 2.45) is 0 Å². The molecule has 0 atom stereocenters. The van der Waals surface area contributed by atoms with E-state index in [1.165, 1.54) is 6.07 Å². The Bertz CT molecular complexity index is 1180. The van der Waals surface area contributed by atoms with Crippen molar-refractivity contribution in [2.75, 3.05) is 12.4 Å². The molecule has 0 saturated heterocycles. The van der Waals surface area contributed by atoms with Crippen LogP contribution in [-0.2, 0) is 6.54 Å². The lowest BCUT2D eigenvalue weighted by atomic mass is 10.00. The SMILES string of the molecule is COc1ccc(CNc2nc(-c3ccc(F)c4ccccc34)cc(C(C)C)n2)cc1.Cl. The van der Waals surface area contributed by atoms with Gasteiger partial charge in [0.25, 0.3) is 0 Å². The van der Waals surface area contributed by atoms with E-state index < -0.39 is 0 Å².